The number of fused-ring (bicyclic) bond motifs is 7. The lowest BCUT2D eigenvalue weighted by Gasteiger charge is -2.37. The van der Waals surface area contributed by atoms with Gasteiger partial charge < -0.3 is 4.57 Å². The third-order valence-electron chi connectivity index (χ3n) is 5.65. The minimum absolute atomic E-state index is 0.535. The quantitative estimate of drug-likeness (QED) is 0.713. The van der Waals surface area contributed by atoms with Crippen LogP contribution in [-0.2, 0) is 0 Å². The van der Waals surface area contributed by atoms with Crippen LogP contribution < -0.4 is 0 Å². The lowest BCUT2D eigenvalue weighted by molar-refractivity contribution is 0.148. The van der Waals surface area contributed by atoms with E-state index in [2.05, 4.69) is 9.55 Å². The molecule has 4 heteroatoms. The summed E-state index contributed by atoms with van der Waals surface area (Å²) in [6, 6.07) is 2.44. The van der Waals surface area contributed by atoms with Gasteiger partial charge in [-0.2, -0.15) is 0 Å². The predicted octanol–water partition coefficient (Wildman–Crippen LogP) is 5.31. The van der Waals surface area contributed by atoms with E-state index in [0.29, 0.717) is 6.04 Å². The third-order valence-corrected chi connectivity index (χ3v) is 5.93. The molecule has 2 aromatic rings. The number of aryl methyl sites for hydroxylation is 1. The molecule has 3 aliphatic carbocycles. The molecule has 0 N–H and O–H groups in total. The van der Waals surface area contributed by atoms with Gasteiger partial charge in [-0.25, -0.2) is 9.97 Å². The summed E-state index contributed by atoms with van der Waals surface area (Å²) in [4.78, 5) is 9.24. The zero-order chi connectivity index (χ0) is 15.1. The predicted molar refractivity (Wildman–Crippen MR) is 90.2 cm³/mol. The first-order valence-corrected chi connectivity index (χ1v) is 9.08. The van der Waals surface area contributed by atoms with E-state index in [1.165, 1.54) is 51.4 Å². The first-order valence-electron chi connectivity index (χ1n) is 8.70. The standard InChI is InChI=1S/C18H24ClN3/c1-12-8-16(19)17-18(21-12)22(11-20-17)15-5-3-2-4-13-9-14(10-13)6-7-15/h8,11,13-15H,2-7,9-10H2,1H3/t13?,14?,15-/m0/s1. The van der Waals surface area contributed by atoms with Gasteiger partial charge in [0.1, 0.15) is 5.52 Å². The average Bonchev–Trinajstić information content (AvgIpc) is 2.87. The third kappa shape index (κ3) is 2.64. The summed E-state index contributed by atoms with van der Waals surface area (Å²) in [5.74, 6) is 2.01. The molecule has 2 heterocycles. The Hall–Kier alpha value is -1.09. The van der Waals surface area contributed by atoms with E-state index in [4.69, 9.17) is 16.6 Å². The monoisotopic (exact) mass is 317 g/mol. The van der Waals surface area contributed by atoms with Crippen LogP contribution in [0, 0.1) is 18.8 Å². The van der Waals surface area contributed by atoms with E-state index >= 15 is 0 Å². The topological polar surface area (TPSA) is 30.7 Å². The normalized spacial score (nSPS) is 29.3. The van der Waals surface area contributed by atoms with Crippen molar-refractivity contribution in [1.82, 2.24) is 14.5 Å². The van der Waals surface area contributed by atoms with Crippen molar-refractivity contribution in [2.24, 2.45) is 11.8 Å². The van der Waals surface area contributed by atoms with Crippen LogP contribution in [0.15, 0.2) is 12.4 Å². The van der Waals surface area contributed by atoms with Gasteiger partial charge in [0, 0.05) is 11.7 Å². The Bertz CT molecular complexity index is 670. The van der Waals surface area contributed by atoms with E-state index in [0.717, 1.165) is 33.7 Å². The summed E-state index contributed by atoms with van der Waals surface area (Å²) in [5.41, 5.74) is 2.80. The molecule has 118 valence electrons. The first kappa shape index (κ1) is 14.5. The Balaban J connectivity index is 1.63. The van der Waals surface area contributed by atoms with E-state index in [1.54, 1.807) is 0 Å². The zero-order valence-corrected chi connectivity index (χ0v) is 14.0. The molecule has 2 bridgehead atoms. The van der Waals surface area contributed by atoms with E-state index < -0.39 is 0 Å². The van der Waals surface area contributed by atoms with Gasteiger partial charge in [-0.1, -0.05) is 30.9 Å². The van der Waals surface area contributed by atoms with Gasteiger partial charge in [0.25, 0.3) is 0 Å². The molecule has 3 fully saturated rings. The lowest BCUT2D eigenvalue weighted by Crippen LogP contribution is -2.25. The minimum Gasteiger partial charge on any atom is -0.312 e. The van der Waals surface area contributed by atoms with Gasteiger partial charge in [0.15, 0.2) is 5.65 Å². The molecule has 5 rings (SSSR count). The Morgan fingerprint density at radius 3 is 2.73 bits per heavy atom. The van der Waals surface area contributed by atoms with E-state index in [1.807, 2.05) is 19.3 Å². The lowest BCUT2D eigenvalue weighted by atomic mass is 9.69. The summed E-state index contributed by atoms with van der Waals surface area (Å²) < 4.78 is 2.30. The molecule has 0 amide bonds. The van der Waals surface area contributed by atoms with Crippen LogP contribution in [0.3, 0.4) is 0 Å². The van der Waals surface area contributed by atoms with Crippen LogP contribution >= 0.6 is 11.6 Å². The fourth-order valence-corrected chi connectivity index (χ4v) is 4.65. The molecule has 3 nitrogen and oxygen atoms in total. The van der Waals surface area contributed by atoms with Crippen LogP contribution in [0.1, 0.15) is 63.1 Å². The molecular weight excluding hydrogens is 294 g/mol. The molecular formula is C18H24ClN3. The van der Waals surface area contributed by atoms with Crippen LogP contribution in [-0.4, -0.2) is 14.5 Å². The van der Waals surface area contributed by atoms with Crippen molar-refractivity contribution in [1.29, 1.82) is 0 Å². The highest BCUT2D eigenvalue weighted by Gasteiger charge is 2.30. The molecule has 0 spiro atoms. The molecule has 0 unspecified atom stereocenters. The highest BCUT2D eigenvalue weighted by molar-refractivity contribution is 6.34. The van der Waals surface area contributed by atoms with E-state index in [9.17, 15) is 0 Å². The number of nitrogens with zero attached hydrogens (tertiary/aromatic N) is 3. The number of pyridine rings is 1. The van der Waals surface area contributed by atoms with Gasteiger partial charge in [0.2, 0.25) is 0 Å². The summed E-state index contributed by atoms with van der Waals surface area (Å²) in [5, 5.41) is 0.725. The molecule has 1 atom stereocenters. The number of halogens is 1. The molecule has 22 heavy (non-hydrogen) atoms. The Labute approximate surface area is 137 Å². The van der Waals surface area contributed by atoms with Crippen LogP contribution in [0.25, 0.3) is 11.2 Å². The Morgan fingerprint density at radius 2 is 1.86 bits per heavy atom. The van der Waals surface area contributed by atoms with Crippen molar-refractivity contribution in [3.05, 3.63) is 23.1 Å². The van der Waals surface area contributed by atoms with Gasteiger partial charge in [-0.15, -0.1) is 0 Å². The second-order valence-corrected chi connectivity index (χ2v) is 7.70. The van der Waals surface area contributed by atoms with Crippen molar-refractivity contribution in [2.45, 2.75) is 64.3 Å². The molecule has 3 saturated carbocycles. The van der Waals surface area contributed by atoms with Gasteiger partial charge in [-0.3, -0.25) is 0 Å². The maximum absolute atomic E-state index is 6.33. The van der Waals surface area contributed by atoms with Crippen molar-refractivity contribution in [3.8, 4) is 0 Å². The molecule has 2 aromatic heterocycles. The second kappa shape index (κ2) is 5.84. The van der Waals surface area contributed by atoms with Crippen molar-refractivity contribution in [3.63, 3.8) is 0 Å². The number of hydrogen-bond acceptors (Lipinski definition) is 2. The number of rotatable bonds is 1. The van der Waals surface area contributed by atoms with Gasteiger partial charge >= 0.3 is 0 Å². The second-order valence-electron chi connectivity index (χ2n) is 7.29. The van der Waals surface area contributed by atoms with Crippen molar-refractivity contribution >= 4 is 22.8 Å². The molecule has 0 aromatic carbocycles. The summed E-state index contributed by atoms with van der Waals surface area (Å²) >= 11 is 6.33. The van der Waals surface area contributed by atoms with Crippen molar-refractivity contribution < 1.29 is 0 Å². The maximum Gasteiger partial charge on any atom is 0.161 e. The maximum atomic E-state index is 6.33. The summed E-state index contributed by atoms with van der Waals surface area (Å²) in [6.07, 6.45) is 12.9. The first-order chi connectivity index (χ1) is 10.7. The van der Waals surface area contributed by atoms with Crippen LogP contribution in [0.5, 0.6) is 0 Å². The van der Waals surface area contributed by atoms with E-state index in [-0.39, 0.29) is 0 Å². The zero-order valence-electron chi connectivity index (χ0n) is 13.3. The smallest absolute Gasteiger partial charge is 0.161 e. The highest BCUT2D eigenvalue weighted by Crippen LogP contribution is 2.43. The number of aromatic nitrogens is 3. The largest absolute Gasteiger partial charge is 0.312 e. The highest BCUT2D eigenvalue weighted by atomic mass is 35.5. The summed E-state index contributed by atoms with van der Waals surface area (Å²) in [7, 11) is 0. The van der Waals surface area contributed by atoms with Crippen LogP contribution in [0.4, 0.5) is 0 Å². The van der Waals surface area contributed by atoms with Gasteiger partial charge in [-0.05, 0) is 56.9 Å². The van der Waals surface area contributed by atoms with Crippen molar-refractivity contribution in [2.75, 3.05) is 0 Å². The fourth-order valence-electron chi connectivity index (χ4n) is 4.36. The SMILES string of the molecule is Cc1cc(Cl)c2ncn([C@H]3CCCCC4CC(CC3)C4)c2n1. The Morgan fingerprint density at radius 1 is 1.09 bits per heavy atom. The number of hydrogen-bond donors (Lipinski definition) is 0. The number of imidazole rings is 1. The Kier molecular flexibility index (Phi) is 3.85. The molecule has 0 saturated heterocycles. The summed E-state index contributed by atoms with van der Waals surface area (Å²) in [6.45, 7) is 2.00. The molecule has 3 aliphatic rings. The van der Waals surface area contributed by atoms with Gasteiger partial charge in [0.05, 0.1) is 11.3 Å². The fraction of sp³-hybridized carbons (Fsp3) is 0.667. The average molecular weight is 318 g/mol. The molecule has 0 radical (unpaired) electrons. The minimum atomic E-state index is 0.535. The molecule has 0 aliphatic heterocycles. The van der Waals surface area contributed by atoms with Crippen LogP contribution in [0.2, 0.25) is 5.02 Å².